The van der Waals surface area contributed by atoms with Crippen molar-refractivity contribution in [3.63, 3.8) is 0 Å². The minimum atomic E-state index is 0.502. The molecule has 0 amide bonds. The van der Waals surface area contributed by atoms with Crippen LogP contribution in [0.2, 0.25) is 0 Å². The van der Waals surface area contributed by atoms with E-state index in [0.29, 0.717) is 12.0 Å². The lowest BCUT2D eigenvalue weighted by atomic mass is 9.74. The smallest absolute Gasteiger partial charge is 0.171 e. The van der Waals surface area contributed by atoms with Gasteiger partial charge in [-0.25, -0.2) is 0 Å². The first-order chi connectivity index (χ1) is 9.56. The van der Waals surface area contributed by atoms with E-state index < -0.39 is 0 Å². The lowest BCUT2D eigenvalue weighted by molar-refractivity contribution is 0.186. The largest absolute Gasteiger partial charge is 0.359 e. The molecule has 1 aromatic carbocycles. The van der Waals surface area contributed by atoms with Crippen LogP contribution in [0.4, 0.5) is 5.69 Å². The summed E-state index contributed by atoms with van der Waals surface area (Å²) in [5.74, 6) is 2.23. The summed E-state index contributed by atoms with van der Waals surface area (Å²) in [5.41, 5.74) is 1.05. The third-order valence-corrected chi connectivity index (χ3v) is 4.59. The SMILES string of the molecule is CC(C)[C@H]1CC[C@H](C)C[C@H]1NC(=S)Nc1ccccc1. The van der Waals surface area contributed by atoms with E-state index in [1.807, 2.05) is 30.3 Å². The maximum Gasteiger partial charge on any atom is 0.171 e. The fourth-order valence-corrected chi connectivity index (χ4v) is 3.49. The number of benzene rings is 1. The van der Waals surface area contributed by atoms with Gasteiger partial charge in [0.25, 0.3) is 0 Å². The highest BCUT2D eigenvalue weighted by Crippen LogP contribution is 2.33. The van der Waals surface area contributed by atoms with Crippen molar-refractivity contribution in [1.29, 1.82) is 0 Å². The van der Waals surface area contributed by atoms with E-state index in [1.165, 1.54) is 19.3 Å². The molecule has 3 atom stereocenters. The molecule has 1 aromatic rings. The standard InChI is InChI=1S/C17H26N2S/c1-12(2)15-10-9-13(3)11-16(15)19-17(20)18-14-7-5-4-6-8-14/h4-8,12-13,15-16H,9-11H2,1-3H3,(H2,18,19,20)/t13-,15+,16+/m0/s1. The zero-order valence-electron chi connectivity index (χ0n) is 12.7. The maximum absolute atomic E-state index is 5.47. The summed E-state index contributed by atoms with van der Waals surface area (Å²) >= 11 is 5.47. The van der Waals surface area contributed by atoms with Gasteiger partial charge in [-0.15, -0.1) is 0 Å². The van der Waals surface area contributed by atoms with Crippen molar-refractivity contribution in [2.45, 2.75) is 46.1 Å². The molecule has 0 aliphatic heterocycles. The van der Waals surface area contributed by atoms with Gasteiger partial charge < -0.3 is 10.6 Å². The fraction of sp³-hybridized carbons (Fsp3) is 0.588. The molecule has 0 saturated heterocycles. The molecule has 20 heavy (non-hydrogen) atoms. The highest BCUT2D eigenvalue weighted by atomic mass is 32.1. The number of rotatable bonds is 3. The van der Waals surface area contributed by atoms with Crippen molar-refractivity contribution >= 4 is 23.0 Å². The second-order valence-electron chi connectivity index (χ2n) is 6.40. The topological polar surface area (TPSA) is 24.1 Å². The summed E-state index contributed by atoms with van der Waals surface area (Å²) in [5, 5.41) is 7.58. The molecule has 2 nitrogen and oxygen atoms in total. The molecule has 0 bridgehead atoms. The molecule has 0 aromatic heterocycles. The molecule has 0 heterocycles. The maximum atomic E-state index is 5.47. The van der Waals surface area contributed by atoms with Crippen molar-refractivity contribution in [1.82, 2.24) is 5.32 Å². The molecule has 1 aliphatic carbocycles. The monoisotopic (exact) mass is 290 g/mol. The van der Waals surface area contributed by atoms with Crippen molar-refractivity contribution in [3.8, 4) is 0 Å². The van der Waals surface area contributed by atoms with Crippen LogP contribution in [0.25, 0.3) is 0 Å². The van der Waals surface area contributed by atoms with Gasteiger partial charge in [-0.1, -0.05) is 45.4 Å². The Morgan fingerprint density at radius 2 is 1.90 bits per heavy atom. The Bertz CT molecular complexity index is 430. The van der Waals surface area contributed by atoms with E-state index >= 15 is 0 Å². The molecule has 2 rings (SSSR count). The van der Waals surface area contributed by atoms with E-state index in [0.717, 1.165) is 22.6 Å². The average molecular weight is 290 g/mol. The predicted molar refractivity (Wildman–Crippen MR) is 90.9 cm³/mol. The summed E-state index contributed by atoms with van der Waals surface area (Å²) in [6.45, 7) is 6.99. The third kappa shape index (κ3) is 4.20. The van der Waals surface area contributed by atoms with Gasteiger partial charge in [0.15, 0.2) is 5.11 Å². The third-order valence-electron chi connectivity index (χ3n) is 4.37. The Morgan fingerprint density at radius 1 is 1.20 bits per heavy atom. The summed E-state index contributed by atoms with van der Waals surface area (Å²) < 4.78 is 0. The van der Waals surface area contributed by atoms with Gasteiger partial charge in [-0.2, -0.15) is 0 Å². The van der Waals surface area contributed by atoms with E-state index in [4.69, 9.17) is 12.2 Å². The molecular formula is C17H26N2S. The lowest BCUT2D eigenvalue weighted by Crippen LogP contribution is -2.47. The molecule has 0 spiro atoms. The predicted octanol–water partition coefficient (Wildman–Crippen LogP) is 4.43. The average Bonchev–Trinajstić information content (AvgIpc) is 2.39. The van der Waals surface area contributed by atoms with Gasteiger partial charge in [0, 0.05) is 11.7 Å². The van der Waals surface area contributed by atoms with E-state index in [1.54, 1.807) is 0 Å². The van der Waals surface area contributed by atoms with Gasteiger partial charge in [0.05, 0.1) is 0 Å². The van der Waals surface area contributed by atoms with Crippen LogP contribution in [0.1, 0.15) is 40.0 Å². The van der Waals surface area contributed by atoms with E-state index in [2.05, 4.69) is 31.4 Å². The quantitative estimate of drug-likeness (QED) is 0.805. The molecule has 110 valence electrons. The first-order valence-corrected chi connectivity index (χ1v) is 8.09. The number of hydrogen-bond donors (Lipinski definition) is 2. The summed E-state index contributed by atoms with van der Waals surface area (Å²) in [6, 6.07) is 10.6. The van der Waals surface area contributed by atoms with Crippen LogP contribution in [0, 0.1) is 17.8 Å². The van der Waals surface area contributed by atoms with Crippen LogP contribution in [-0.2, 0) is 0 Å². The van der Waals surface area contributed by atoms with Crippen LogP contribution >= 0.6 is 12.2 Å². The number of thiocarbonyl (C=S) groups is 1. The van der Waals surface area contributed by atoms with Crippen molar-refractivity contribution in [3.05, 3.63) is 30.3 Å². The minimum absolute atomic E-state index is 0.502. The van der Waals surface area contributed by atoms with E-state index in [-0.39, 0.29) is 0 Å². The lowest BCUT2D eigenvalue weighted by Gasteiger charge is -2.38. The van der Waals surface area contributed by atoms with E-state index in [9.17, 15) is 0 Å². The zero-order chi connectivity index (χ0) is 14.5. The van der Waals surface area contributed by atoms with Gasteiger partial charge >= 0.3 is 0 Å². The molecule has 1 aliphatic rings. The molecule has 3 heteroatoms. The molecule has 2 N–H and O–H groups in total. The first kappa shape index (κ1) is 15.3. The number of hydrogen-bond acceptors (Lipinski definition) is 1. The van der Waals surface area contributed by atoms with Crippen LogP contribution in [0.3, 0.4) is 0 Å². The Labute approximate surface area is 128 Å². The summed E-state index contributed by atoms with van der Waals surface area (Å²) in [4.78, 5) is 0. The van der Waals surface area contributed by atoms with Crippen molar-refractivity contribution in [2.75, 3.05) is 5.32 Å². The Balaban J connectivity index is 1.94. The second-order valence-corrected chi connectivity index (χ2v) is 6.81. The zero-order valence-corrected chi connectivity index (χ0v) is 13.5. The van der Waals surface area contributed by atoms with Gasteiger partial charge in [0.2, 0.25) is 0 Å². The molecular weight excluding hydrogens is 264 g/mol. The van der Waals surface area contributed by atoms with Gasteiger partial charge in [-0.05, 0) is 54.9 Å². The second kappa shape index (κ2) is 7.07. The molecule has 1 fully saturated rings. The van der Waals surface area contributed by atoms with Gasteiger partial charge in [-0.3, -0.25) is 0 Å². The normalized spacial score (nSPS) is 26.3. The fourth-order valence-electron chi connectivity index (χ4n) is 3.23. The number of nitrogens with one attached hydrogen (secondary N) is 2. The minimum Gasteiger partial charge on any atom is -0.359 e. The van der Waals surface area contributed by atoms with Crippen LogP contribution in [0.15, 0.2) is 30.3 Å². The molecule has 0 radical (unpaired) electrons. The highest BCUT2D eigenvalue weighted by molar-refractivity contribution is 7.80. The summed E-state index contributed by atoms with van der Waals surface area (Å²) in [6.07, 6.45) is 3.88. The Hall–Kier alpha value is -1.09. The molecule has 1 saturated carbocycles. The van der Waals surface area contributed by atoms with Crippen molar-refractivity contribution in [2.24, 2.45) is 17.8 Å². The van der Waals surface area contributed by atoms with Crippen LogP contribution in [0.5, 0.6) is 0 Å². The van der Waals surface area contributed by atoms with Crippen LogP contribution in [-0.4, -0.2) is 11.2 Å². The highest BCUT2D eigenvalue weighted by Gasteiger charge is 2.30. The van der Waals surface area contributed by atoms with Gasteiger partial charge in [0.1, 0.15) is 0 Å². The van der Waals surface area contributed by atoms with Crippen molar-refractivity contribution < 1.29 is 0 Å². The van der Waals surface area contributed by atoms with Crippen LogP contribution < -0.4 is 10.6 Å². The Morgan fingerprint density at radius 3 is 2.55 bits per heavy atom. The summed E-state index contributed by atoms with van der Waals surface area (Å²) in [7, 11) is 0. The molecule has 0 unspecified atom stereocenters. The number of anilines is 1. The first-order valence-electron chi connectivity index (χ1n) is 7.69. The Kier molecular flexibility index (Phi) is 5.41. The number of para-hydroxylation sites is 1.